The van der Waals surface area contributed by atoms with Crippen LogP contribution in [0, 0.1) is 5.41 Å². The van der Waals surface area contributed by atoms with Crippen LogP contribution in [0.4, 0.5) is 24.9 Å². The molecule has 0 amide bonds. The van der Waals surface area contributed by atoms with Crippen LogP contribution in [0.25, 0.3) is 17.2 Å². The van der Waals surface area contributed by atoms with Crippen LogP contribution in [0.2, 0.25) is 0 Å². The number of hydrogen-bond acceptors (Lipinski definition) is 9. The number of aromatic nitrogens is 2. The Morgan fingerprint density at radius 3 is 2.53 bits per heavy atom. The number of nitrogen functional groups attached to an aromatic ring is 1. The standard InChI is InChI=1S/C31H34F3N5O5S/c1-3-5-19-8-9-22(23(14-19)20-6-4-7-21(15-20)45(2,42)43)27(31(32,33)34)44-26-16-25(37-29(35)38-26)39-12-10-30(11-13-39)17-24(28(40)41)36-18-30/h3-9,14-16,24,27,36H,10-13,17-18H2,1-2H3,(H,40,41)(H2,35,37,38)/t24-,27+/m0/s1. The van der Waals surface area contributed by atoms with E-state index < -0.39 is 34.1 Å². The number of allylic oxidation sites excluding steroid dienone is 1. The predicted octanol–water partition coefficient (Wildman–Crippen LogP) is 4.88. The molecule has 0 radical (unpaired) electrons. The largest absolute Gasteiger partial charge is 0.480 e. The summed E-state index contributed by atoms with van der Waals surface area (Å²) in [6.45, 7) is 3.35. The SMILES string of the molecule is CC=Cc1ccc([C@@H](Oc2cc(N3CCC4(CC3)CN[C@H](C(=O)O)C4)nc(N)n2)C(F)(F)F)c(-c2cccc(S(C)(=O)=O)c2)c1. The molecule has 0 saturated carbocycles. The van der Waals surface area contributed by atoms with E-state index in [-0.39, 0.29) is 38.8 Å². The van der Waals surface area contributed by atoms with Crippen molar-refractivity contribution >= 4 is 33.6 Å². The van der Waals surface area contributed by atoms with E-state index in [1.807, 2.05) is 4.90 Å². The van der Waals surface area contributed by atoms with Crippen molar-refractivity contribution in [2.75, 3.05) is 36.5 Å². The number of hydrogen-bond donors (Lipinski definition) is 3. The maximum atomic E-state index is 14.8. The summed E-state index contributed by atoms with van der Waals surface area (Å²) >= 11 is 0. The van der Waals surface area contributed by atoms with Crippen molar-refractivity contribution in [1.82, 2.24) is 15.3 Å². The average Bonchev–Trinajstić information content (AvgIpc) is 3.39. The minimum atomic E-state index is -4.89. The number of alkyl halides is 3. The molecule has 2 atom stereocenters. The van der Waals surface area contributed by atoms with Crippen molar-refractivity contribution in [2.24, 2.45) is 5.41 Å². The number of piperidine rings is 1. The van der Waals surface area contributed by atoms with Gasteiger partial charge in [0.05, 0.1) is 4.90 Å². The number of aliphatic carboxylic acids is 1. The van der Waals surface area contributed by atoms with Gasteiger partial charge in [-0.05, 0) is 66.5 Å². The summed E-state index contributed by atoms with van der Waals surface area (Å²) in [6, 6.07) is 10.8. The van der Waals surface area contributed by atoms with E-state index in [0.717, 1.165) is 6.26 Å². The Bertz CT molecular complexity index is 1720. The van der Waals surface area contributed by atoms with Gasteiger partial charge in [0.25, 0.3) is 0 Å². The van der Waals surface area contributed by atoms with Crippen LogP contribution in [0.15, 0.2) is 59.5 Å². The van der Waals surface area contributed by atoms with E-state index in [1.54, 1.807) is 31.2 Å². The quantitative estimate of drug-likeness (QED) is 0.310. The minimum absolute atomic E-state index is 0.0322. The van der Waals surface area contributed by atoms with Gasteiger partial charge in [-0.15, -0.1) is 0 Å². The van der Waals surface area contributed by atoms with Crippen LogP contribution in [-0.4, -0.2) is 67.6 Å². The molecule has 2 saturated heterocycles. The molecule has 240 valence electrons. The summed E-state index contributed by atoms with van der Waals surface area (Å²) in [7, 11) is -3.63. The molecule has 14 heteroatoms. The van der Waals surface area contributed by atoms with Gasteiger partial charge in [-0.1, -0.05) is 36.4 Å². The van der Waals surface area contributed by atoms with Gasteiger partial charge in [-0.2, -0.15) is 23.1 Å². The maximum absolute atomic E-state index is 14.8. The summed E-state index contributed by atoms with van der Waals surface area (Å²) < 4.78 is 74.3. The first-order valence-electron chi connectivity index (χ1n) is 14.3. The summed E-state index contributed by atoms with van der Waals surface area (Å²) in [5, 5.41) is 12.4. The van der Waals surface area contributed by atoms with Gasteiger partial charge in [0.15, 0.2) is 9.84 Å². The number of nitrogens with two attached hydrogens (primary N) is 1. The highest BCUT2D eigenvalue weighted by atomic mass is 32.2. The highest BCUT2D eigenvalue weighted by Crippen LogP contribution is 2.43. The second kappa shape index (κ2) is 12.3. The van der Waals surface area contributed by atoms with E-state index in [2.05, 4.69) is 15.3 Å². The second-order valence-electron chi connectivity index (χ2n) is 11.6. The number of sulfone groups is 1. The Morgan fingerprint density at radius 2 is 1.91 bits per heavy atom. The Morgan fingerprint density at radius 1 is 1.18 bits per heavy atom. The minimum Gasteiger partial charge on any atom is -0.480 e. The molecule has 4 N–H and O–H groups in total. The number of carboxylic acids is 1. The fourth-order valence-corrected chi connectivity index (χ4v) is 6.67. The van der Waals surface area contributed by atoms with Crippen molar-refractivity contribution < 1.29 is 36.2 Å². The number of rotatable bonds is 8. The lowest BCUT2D eigenvalue weighted by Gasteiger charge is -2.39. The van der Waals surface area contributed by atoms with Crippen molar-refractivity contribution in [2.45, 2.75) is 49.4 Å². The number of ether oxygens (including phenoxy) is 1. The smallest absolute Gasteiger partial charge is 0.429 e. The molecule has 3 heterocycles. The zero-order valence-electron chi connectivity index (χ0n) is 24.7. The number of carboxylic acid groups (broad SMARTS) is 1. The first-order chi connectivity index (χ1) is 21.2. The van der Waals surface area contributed by atoms with Crippen LogP contribution >= 0.6 is 0 Å². The second-order valence-corrected chi connectivity index (χ2v) is 13.6. The molecule has 1 aromatic heterocycles. The molecule has 45 heavy (non-hydrogen) atoms. The molecule has 2 aliphatic heterocycles. The highest BCUT2D eigenvalue weighted by molar-refractivity contribution is 7.90. The lowest BCUT2D eigenvalue weighted by Crippen LogP contribution is -2.41. The van der Waals surface area contributed by atoms with E-state index in [9.17, 15) is 31.5 Å². The van der Waals surface area contributed by atoms with E-state index >= 15 is 0 Å². The number of benzene rings is 2. The summed E-state index contributed by atoms with van der Waals surface area (Å²) in [5.74, 6) is -1.22. The lowest BCUT2D eigenvalue weighted by atomic mass is 9.76. The van der Waals surface area contributed by atoms with Crippen molar-refractivity contribution in [3.63, 3.8) is 0 Å². The average molecular weight is 646 g/mol. The maximum Gasteiger partial charge on any atom is 0.429 e. The third-order valence-electron chi connectivity index (χ3n) is 8.34. The monoisotopic (exact) mass is 645 g/mol. The fraction of sp³-hybridized carbons (Fsp3) is 0.387. The van der Waals surface area contributed by atoms with Crippen molar-refractivity contribution in [3.05, 3.63) is 65.7 Å². The van der Waals surface area contributed by atoms with Crippen LogP contribution < -0.4 is 20.7 Å². The number of anilines is 2. The van der Waals surface area contributed by atoms with E-state index in [0.29, 0.717) is 50.3 Å². The molecular weight excluding hydrogens is 611 g/mol. The lowest BCUT2D eigenvalue weighted by molar-refractivity contribution is -0.198. The number of nitrogens with one attached hydrogen (secondary N) is 1. The Balaban J connectivity index is 1.47. The van der Waals surface area contributed by atoms with Gasteiger partial charge in [0.1, 0.15) is 11.9 Å². The Hall–Kier alpha value is -4.17. The number of carbonyl (C=O) groups is 1. The molecule has 5 rings (SSSR count). The first kappa shape index (κ1) is 32.2. The molecule has 0 aliphatic carbocycles. The van der Waals surface area contributed by atoms with E-state index in [4.69, 9.17) is 10.5 Å². The van der Waals surface area contributed by atoms with Gasteiger partial charge in [-0.25, -0.2) is 8.42 Å². The molecule has 0 bridgehead atoms. The van der Waals surface area contributed by atoms with Crippen LogP contribution in [0.1, 0.15) is 43.4 Å². The van der Waals surface area contributed by atoms with Gasteiger partial charge >= 0.3 is 12.1 Å². The summed E-state index contributed by atoms with van der Waals surface area (Å²) in [6.07, 6.45) is -1.02. The Kier molecular flexibility index (Phi) is 8.82. The summed E-state index contributed by atoms with van der Waals surface area (Å²) in [5.41, 5.74) is 6.56. The molecular formula is C31H34F3N5O5S. The highest BCUT2D eigenvalue weighted by Gasteiger charge is 2.46. The number of nitrogens with zero attached hydrogens (tertiary/aromatic N) is 3. The van der Waals surface area contributed by atoms with Crippen LogP contribution in [0.3, 0.4) is 0 Å². The molecule has 2 aliphatic rings. The van der Waals surface area contributed by atoms with Crippen LogP contribution in [0.5, 0.6) is 5.88 Å². The molecule has 1 spiro atoms. The van der Waals surface area contributed by atoms with Crippen molar-refractivity contribution in [1.29, 1.82) is 0 Å². The van der Waals surface area contributed by atoms with Gasteiger partial charge in [0.2, 0.25) is 17.9 Å². The first-order valence-corrected chi connectivity index (χ1v) is 16.2. The number of halogens is 3. The van der Waals surface area contributed by atoms with Gasteiger partial charge < -0.3 is 25.8 Å². The van der Waals surface area contributed by atoms with Crippen molar-refractivity contribution in [3.8, 4) is 17.0 Å². The third kappa shape index (κ3) is 7.22. The molecule has 2 aromatic carbocycles. The predicted molar refractivity (Wildman–Crippen MR) is 163 cm³/mol. The topological polar surface area (TPSA) is 148 Å². The van der Waals surface area contributed by atoms with E-state index in [1.165, 1.54) is 36.4 Å². The fourth-order valence-electron chi connectivity index (χ4n) is 6.01. The zero-order valence-corrected chi connectivity index (χ0v) is 25.5. The van der Waals surface area contributed by atoms with Gasteiger partial charge in [-0.3, -0.25) is 4.79 Å². The third-order valence-corrected chi connectivity index (χ3v) is 9.45. The zero-order chi connectivity index (χ0) is 32.6. The summed E-state index contributed by atoms with van der Waals surface area (Å²) in [4.78, 5) is 21.5. The molecule has 3 aromatic rings. The normalized spacial score (nSPS) is 19.2. The molecule has 0 unspecified atom stereocenters. The molecule has 2 fully saturated rings. The Labute approximate surface area is 259 Å². The van der Waals surface area contributed by atoms with Crippen LogP contribution in [-0.2, 0) is 14.6 Å². The van der Waals surface area contributed by atoms with Gasteiger partial charge in [0, 0.05) is 37.5 Å². The molecule has 10 nitrogen and oxygen atoms in total.